The van der Waals surface area contributed by atoms with Gasteiger partial charge in [0, 0.05) is 50.4 Å². The molecule has 28 heavy (non-hydrogen) atoms. The van der Waals surface area contributed by atoms with Crippen molar-refractivity contribution in [3.05, 3.63) is 29.3 Å². The number of nitrogens with one attached hydrogen (secondary N) is 2. The van der Waals surface area contributed by atoms with Gasteiger partial charge in [0.25, 0.3) is 5.91 Å². The molecule has 7 nitrogen and oxygen atoms in total. The number of rotatable bonds is 5. The molecule has 0 bridgehead atoms. The summed E-state index contributed by atoms with van der Waals surface area (Å²) in [4.78, 5) is 40.3. The zero-order valence-corrected chi connectivity index (χ0v) is 16.8. The van der Waals surface area contributed by atoms with Gasteiger partial charge >= 0.3 is 6.03 Å². The van der Waals surface area contributed by atoms with E-state index >= 15 is 0 Å². The number of hydrogen-bond acceptors (Lipinski definition) is 3. The van der Waals surface area contributed by atoms with Crippen molar-refractivity contribution in [2.75, 3.05) is 38.0 Å². The van der Waals surface area contributed by atoms with Crippen molar-refractivity contribution in [2.24, 2.45) is 5.92 Å². The molecule has 0 aromatic heterocycles. The summed E-state index contributed by atoms with van der Waals surface area (Å²) in [6.07, 6.45) is 3.60. The molecule has 0 saturated carbocycles. The van der Waals surface area contributed by atoms with Gasteiger partial charge in [-0.3, -0.25) is 9.59 Å². The second-order valence-electron chi connectivity index (χ2n) is 7.72. The Morgan fingerprint density at radius 3 is 2.71 bits per heavy atom. The summed E-state index contributed by atoms with van der Waals surface area (Å²) in [6, 6.07) is 5.18. The van der Waals surface area contributed by atoms with Crippen LogP contribution >= 0.6 is 0 Å². The topological polar surface area (TPSA) is 81.8 Å². The molecule has 2 aliphatic rings. The molecule has 0 unspecified atom stereocenters. The standard InChI is InChI=1S/C21H30N4O3/c1-3-22-20(27)17-8-9-18(15(2)12-17)23-21(28)25-11-4-6-16(14-25)13-24-10-5-7-19(24)26/h8-9,12,16H,3-7,10-11,13-14H2,1-2H3,(H,22,27)(H,23,28)/t16-/m1/s1. The van der Waals surface area contributed by atoms with Crippen molar-refractivity contribution in [3.8, 4) is 0 Å². The Hall–Kier alpha value is -2.57. The number of benzene rings is 1. The van der Waals surface area contributed by atoms with E-state index in [-0.39, 0.29) is 17.8 Å². The highest BCUT2D eigenvalue weighted by Crippen LogP contribution is 2.22. The van der Waals surface area contributed by atoms with Gasteiger partial charge in [0.15, 0.2) is 0 Å². The summed E-state index contributed by atoms with van der Waals surface area (Å²) in [5.41, 5.74) is 2.16. The minimum absolute atomic E-state index is 0.112. The average Bonchev–Trinajstić information content (AvgIpc) is 3.08. The Labute approximate surface area is 166 Å². The van der Waals surface area contributed by atoms with Gasteiger partial charge in [0.05, 0.1) is 0 Å². The van der Waals surface area contributed by atoms with Crippen LogP contribution in [0.4, 0.5) is 10.5 Å². The number of piperidine rings is 1. The predicted octanol–water partition coefficient (Wildman–Crippen LogP) is 2.61. The Morgan fingerprint density at radius 2 is 2.04 bits per heavy atom. The predicted molar refractivity (Wildman–Crippen MR) is 108 cm³/mol. The SMILES string of the molecule is CCNC(=O)c1ccc(NC(=O)N2CCC[C@H](CN3CCCC3=O)C2)c(C)c1. The normalized spacial score (nSPS) is 19.6. The van der Waals surface area contributed by atoms with Crippen molar-refractivity contribution >= 4 is 23.5 Å². The molecule has 7 heteroatoms. The van der Waals surface area contributed by atoms with Crippen molar-refractivity contribution in [3.63, 3.8) is 0 Å². The molecule has 2 N–H and O–H groups in total. The lowest BCUT2D eigenvalue weighted by Gasteiger charge is -2.34. The Balaban J connectivity index is 1.57. The third kappa shape index (κ3) is 4.82. The molecule has 1 aromatic rings. The van der Waals surface area contributed by atoms with Crippen LogP contribution in [0.5, 0.6) is 0 Å². The third-order valence-electron chi connectivity index (χ3n) is 5.52. The first-order valence-electron chi connectivity index (χ1n) is 10.2. The summed E-state index contributed by atoms with van der Waals surface area (Å²) < 4.78 is 0. The molecule has 4 amide bonds. The maximum absolute atomic E-state index is 12.7. The first kappa shape index (κ1) is 20.2. The molecule has 2 saturated heterocycles. The highest BCUT2D eigenvalue weighted by atomic mass is 16.2. The van der Waals surface area contributed by atoms with E-state index in [0.717, 1.165) is 50.1 Å². The van der Waals surface area contributed by atoms with Gasteiger partial charge in [-0.15, -0.1) is 0 Å². The number of nitrogens with zero attached hydrogens (tertiary/aromatic N) is 2. The van der Waals surface area contributed by atoms with Crippen molar-refractivity contribution in [2.45, 2.75) is 39.5 Å². The highest BCUT2D eigenvalue weighted by molar-refractivity contribution is 5.96. The molecule has 3 rings (SSSR count). The maximum Gasteiger partial charge on any atom is 0.321 e. The van der Waals surface area contributed by atoms with Crippen LogP contribution in [0.2, 0.25) is 0 Å². The summed E-state index contributed by atoms with van der Waals surface area (Å²) in [5.74, 6) is 0.464. The van der Waals surface area contributed by atoms with Gasteiger partial charge in [-0.2, -0.15) is 0 Å². The average molecular weight is 386 g/mol. The molecule has 0 spiro atoms. The molecular formula is C21H30N4O3. The van der Waals surface area contributed by atoms with E-state index in [1.165, 1.54) is 0 Å². The van der Waals surface area contributed by atoms with E-state index in [0.29, 0.717) is 31.0 Å². The Bertz CT molecular complexity index is 749. The van der Waals surface area contributed by atoms with E-state index in [1.54, 1.807) is 18.2 Å². The number of aryl methyl sites for hydroxylation is 1. The van der Waals surface area contributed by atoms with Crippen LogP contribution in [0.15, 0.2) is 18.2 Å². The van der Waals surface area contributed by atoms with Crippen LogP contribution in [0.3, 0.4) is 0 Å². The molecule has 0 radical (unpaired) electrons. The van der Waals surface area contributed by atoms with E-state index < -0.39 is 0 Å². The number of carbonyl (C=O) groups excluding carboxylic acids is 3. The van der Waals surface area contributed by atoms with Crippen molar-refractivity contribution < 1.29 is 14.4 Å². The quantitative estimate of drug-likeness (QED) is 0.816. The van der Waals surface area contributed by atoms with E-state index in [4.69, 9.17) is 0 Å². The van der Waals surface area contributed by atoms with Crippen LogP contribution in [0.25, 0.3) is 0 Å². The van der Waals surface area contributed by atoms with Gasteiger partial charge in [-0.1, -0.05) is 0 Å². The number of urea groups is 1. The highest BCUT2D eigenvalue weighted by Gasteiger charge is 2.28. The maximum atomic E-state index is 12.7. The lowest BCUT2D eigenvalue weighted by atomic mass is 9.97. The Kier molecular flexibility index (Phi) is 6.54. The zero-order chi connectivity index (χ0) is 20.1. The smallest absolute Gasteiger partial charge is 0.321 e. The number of likely N-dealkylation sites (tertiary alicyclic amines) is 2. The van der Waals surface area contributed by atoms with Gasteiger partial charge in [-0.05, 0) is 62.8 Å². The molecule has 152 valence electrons. The fourth-order valence-corrected chi connectivity index (χ4v) is 4.01. The van der Waals surface area contributed by atoms with Crippen LogP contribution in [0, 0.1) is 12.8 Å². The van der Waals surface area contributed by atoms with Gasteiger partial charge in [0.1, 0.15) is 0 Å². The first-order valence-corrected chi connectivity index (χ1v) is 10.2. The van der Waals surface area contributed by atoms with Crippen LogP contribution in [-0.2, 0) is 4.79 Å². The summed E-state index contributed by atoms with van der Waals surface area (Å²) in [5, 5.41) is 5.75. The zero-order valence-electron chi connectivity index (χ0n) is 16.8. The Morgan fingerprint density at radius 1 is 1.21 bits per heavy atom. The second-order valence-corrected chi connectivity index (χ2v) is 7.72. The largest absolute Gasteiger partial charge is 0.352 e. The number of anilines is 1. The number of carbonyl (C=O) groups is 3. The summed E-state index contributed by atoms with van der Waals surface area (Å²) >= 11 is 0. The lowest BCUT2D eigenvalue weighted by Crippen LogP contribution is -2.45. The summed E-state index contributed by atoms with van der Waals surface area (Å²) in [6.45, 7) is 7.34. The number of hydrogen-bond donors (Lipinski definition) is 2. The van der Waals surface area contributed by atoms with Crippen LogP contribution in [0.1, 0.15) is 48.5 Å². The van der Waals surface area contributed by atoms with Crippen molar-refractivity contribution in [1.29, 1.82) is 0 Å². The van der Waals surface area contributed by atoms with Gasteiger partial charge < -0.3 is 20.4 Å². The second kappa shape index (κ2) is 9.08. The molecule has 1 atom stereocenters. The third-order valence-corrected chi connectivity index (χ3v) is 5.52. The molecule has 1 aromatic carbocycles. The number of amides is 4. The van der Waals surface area contributed by atoms with E-state index in [1.807, 2.05) is 23.6 Å². The molecular weight excluding hydrogens is 356 g/mol. The van der Waals surface area contributed by atoms with Gasteiger partial charge in [0.2, 0.25) is 5.91 Å². The van der Waals surface area contributed by atoms with E-state index in [2.05, 4.69) is 10.6 Å². The van der Waals surface area contributed by atoms with E-state index in [9.17, 15) is 14.4 Å². The van der Waals surface area contributed by atoms with Crippen LogP contribution in [-0.4, -0.2) is 60.4 Å². The molecule has 2 fully saturated rings. The monoisotopic (exact) mass is 386 g/mol. The lowest BCUT2D eigenvalue weighted by molar-refractivity contribution is -0.128. The molecule has 2 aliphatic heterocycles. The first-order chi connectivity index (χ1) is 13.5. The molecule has 0 aliphatic carbocycles. The minimum atomic E-state index is -0.119. The minimum Gasteiger partial charge on any atom is -0.352 e. The fourth-order valence-electron chi connectivity index (χ4n) is 4.01. The summed E-state index contributed by atoms with van der Waals surface area (Å²) in [7, 11) is 0. The van der Waals surface area contributed by atoms with Crippen molar-refractivity contribution in [1.82, 2.24) is 15.1 Å². The van der Waals surface area contributed by atoms with Gasteiger partial charge in [-0.25, -0.2) is 4.79 Å². The molecule has 2 heterocycles. The van der Waals surface area contributed by atoms with Crippen LogP contribution < -0.4 is 10.6 Å². The fraction of sp³-hybridized carbons (Fsp3) is 0.571.